The van der Waals surface area contributed by atoms with Crippen LogP contribution in [0.5, 0.6) is 5.88 Å². The molecule has 3 rings (SSSR count). The topological polar surface area (TPSA) is 60.7 Å². The van der Waals surface area contributed by atoms with Crippen molar-refractivity contribution in [2.45, 2.75) is 0 Å². The van der Waals surface area contributed by atoms with Crippen molar-refractivity contribution in [3.05, 3.63) is 52.3 Å². The third-order valence-electron chi connectivity index (χ3n) is 2.90. The molecule has 0 saturated carbocycles. The second-order valence-corrected chi connectivity index (χ2v) is 5.07. The minimum atomic E-state index is -0.432. The van der Waals surface area contributed by atoms with Crippen LogP contribution in [0.3, 0.4) is 0 Å². The van der Waals surface area contributed by atoms with E-state index in [2.05, 4.69) is 15.2 Å². The van der Waals surface area contributed by atoms with Crippen LogP contribution >= 0.6 is 23.2 Å². The molecule has 3 aromatic rings. The lowest BCUT2D eigenvalue weighted by Crippen LogP contribution is -1.72. The van der Waals surface area contributed by atoms with Gasteiger partial charge in [-0.2, -0.15) is 0 Å². The number of halogens is 3. The Labute approximate surface area is 128 Å². The highest BCUT2D eigenvalue weighted by molar-refractivity contribution is 6.43. The Morgan fingerprint density at radius 2 is 1.90 bits per heavy atom. The van der Waals surface area contributed by atoms with Crippen molar-refractivity contribution in [3.63, 3.8) is 0 Å². The quantitative estimate of drug-likeness (QED) is 0.581. The molecule has 2 N–H and O–H groups in total. The van der Waals surface area contributed by atoms with E-state index >= 15 is 0 Å². The molecular weight excluding hydrogens is 316 g/mol. The first-order valence-electron chi connectivity index (χ1n) is 5.92. The molecule has 0 saturated heterocycles. The zero-order chi connectivity index (χ0) is 15.0. The van der Waals surface area contributed by atoms with Gasteiger partial charge in [-0.3, -0.25) is 0 Å². The van der Waals surface area contributed by atoms with Crippen molar-refractivity contribution in [3.8, 4) is 5.88 Å². The number of hydrogen-bond donors (Lipinski definition) is 2. The number of nitrogens with one attached hydrogen (secondary N) is 1. The van der Waals surface area contributed by atoms with Crippen LogP contribution in [0.15, 0.2) is 46.6 Å². The van der Waals surface area contributed by atoms with E-state index in [0.717, 1.165) is 0 Å². The second kappa shape index (κ2) is 5.35. The fourth-order valence-corrected chi connectivity index (χ4v) is 2.24. The van der Waals surface area contributed by atoms with E-state index in [0.29, 0.717) is 21.6 Å². The molecule has 4 nitrogen and oxygen atoms in total. The number of aromatic nitrogens is 1. The number of hydrogen-bond acceptors (Lipinski definition) is 3. The predicted molar refractivity (Wildman–Crippen MR) is 80.6 cm³/mol. The fourth-order valence-electron chi connectivity index (χ4n) is 1.91. The molecule has 0 amide bonds. The maximum absolute atomic E-state index is 13.3. The fraction of sp³-hybridized carbons (Fsp3) is 0. The number of fused-ring (bicyclic) bond motifs is 1. The summed E-state index contributed by atoms with van der Waals surface area (Å²) in [7, 11) is 0. The van der Waals surface area contributed by atoms with Gasteiger partial charge in [0.15, 0.2) is 5.69 Å². The number of rotatable bonds is 2. The molecule has 1 aromatic heterocycles. The van der Waals surface area contributed by atoms with E-state index < -0.39 is 5.82 Å². The molecule has 1 heterocycles. The van der Waals surface area contributed by atoms with Gasteiger partial charge in [-0.1, -0.05) is 29.3 Å². The van der Waals surface area contributed by atoms with E-state index in [4.69, 9.17) is 23.2 Å². The molecule has 0 spiro atoms. The first-order chi connectivity index (χ1) is 10.1. The van der Waals surface area contributed by atoms with E-state index in [1.54, 1.807) is 18.2 Å². The maximum atomic E-state index is 13.3. The van der Waals surface area contributed by atoms with Gasteiger partial charge in [-0.15, -0.1) is 10.2 Å². The molecule has 2 aromatic carbocycles. The van der Waals surface area contributed by atoms with Crippen molar-refractivity contribution < 1.29 is 9.50 Å². The summed E-state index contributed by atoms with van der Waals surface area (Å²) in [6, 6.07) is 8.99. The lowest BCUT2D eigenvalue weighted by atomic mass is 10.2. The Balaban J connectivity index is 2.09. The summed E-state index contributed by atoms with van der Waals surface area (Å²) in [4.78, 5) is 2.69. The summed E-state index contributed by atoms with van der Waals surface area (Å²) in [6.45, 7) is 0. The van der Waals surface area contributed by atoms with Crippen LogP contribution in [-0.4, -0.2) is 10.1 Å². The molecule has 0 bridgehead atoms. The Morgan fingerprint density at radius 3 is 2.71 bits per heavy atom. The predicted octanol–water partition coefficient (Wildman–Crippen LogP) is 5.73. The molecule has 0 aliphatic heterocycles. The Morgan fingerprint density at radius 1 is 1.10 bits per heavy atom. The highest BCUT2D eigenvalue weighted by atomic mass is 35.5. The molecular formula is C14H8Cl2FN3O. The molecule has 7 heteroatoms. The van der Waals surface area contributed by atoms with Gasteiger partial charge < -0.3 is 10.1 Å². The molecule has 0 unspecified atom stereocenters. The Bertz CT molecular complexity index is 861. The molecule has 0 aliphatic carbocycles. The van der Waals surface area contributed by atoms with E-state index in [1.165, 1.54) is 18.2 Å². The summed E-state index contributed by atoms with van der Waals surface area (Å²) in [5.74, 6) is -0.628. The van der Waals surface area contributed by atoms with Gasteiger partial charge in [0, 0.05) is 5.39 Å². The summed E-state index contributed by atoms with van der Waals surface area (Å²) < 4.78 is 13.3. The van der Waals surface area contributed by atoms with E-state index in [9.17, 15) is 9.50 Å². The summed E-state index contributed by atoms with van der Waals surface area (Å²) >= 11 is 11.9. The molecule has 106 valence electrons. The van der Waals surface area contributed by atoms with Crippen LogP contribution in [0.4, 0.5) is 15.8 Å². The number of aromatic amines is 1. The first kappa shape index (κ1) is 13.9. The van der Waals surface area contributed by atoms with Crippen LogP contribution in [0, 0.1) is 5.82 Å². The number of H-pyrrole nitrogens is 1. The average Bonchev–Trinajstić information content (AvgIpc) is 2.76. The van der Waals surface area contributed by atoms with E-state index in [1.807, 2.05) is 0 Å². The summed E-state index contributed by atoms with van der Waals surface area (Å²) in [5.41, 5.74) is 1.05. The van der Waals surface area contributed by atoms with Crippen LogP contribution in [0.1, 0.15) is 0 Å². The minimum Gasteiger partial charge on any atom is -0.493 e. The summed E-state index contributed by atoms with van der Waals surface area (Å²) in [6.07, 6.45) is 0. The molecule has 21 heavy (non-hydrogen) atoms. The van der Waals surface area contributed by atoms with Crippen molar-refractivity contribution in [2.75, 3.05) is 0 Å². The third-order valence-corrected chi connectivity index (χ3v) is 3.71. The highest BCUT2D eigenvalue weighted by Crippen LogP contribution is 2.38. The van der Waals surface area contributed by atoms with Crippen molar-refractivity contribution in [2.24, 2.45) is 10.2 Å². The highest BCUT2D eigenvalue weighted by Gasteiger charge is 2.11. The zero-order valence-electron chi connectivity index (χ0n) is 10.4. The number of aromatic hydroxyl groups is 1. The van der Waals surface area contributed by atoms with Crippen molar-refractivity contribution >= 4 is 45.5 Å². The van der Waals surface area contributed by atoms with Gasteiger partial charge in [0.05, 0.1) is 15.6 Å². The average molecular weight is 324 g/mol. The largest absolute Gasteiger partial charge is 0.493 e. The Hall–Kier alpha value is -2.11. The summed E-state index contributed by atoms with van der Waals surface area (Å²) in [5, 5.41) is 18.8. The maximum Gasteiger partial charge on any atom is 0.218 e. The second-order valence-electron chi connectivity index (χ2n) is 4.29. The Kier molecular flexibility index (Phi) is 3.53. The van der Waals surface area contributed by atoms with Gasteiger partial charge in [0.1, 0.15) is 11.5 Å². The zero-order valence-corrected chi connectivity index (χ0v) is 12.0. The minimum absolute atomic E-state index is 0.139. The van der Waals surface area contributed by atoms with Crippen LogP contribution in [0.25, 0.3) is 10.9 Å². The van der Waals surface area contributed by atoms with Gasteiger partial charge >= 0.3 is 0 Å². The molecule has 0 atom stereocenters. The molecule has 0 fully saturated rings. The van der Waals surface area contributed by atoms with Gasteiger partial charge in [-0.05, 0) is 30.3 Å². The van der Waals surface area contributed by atoms with E-state index in [-0.39, 0.29) is 16.6 Å². The van der Waals surface area contributed by atoms with Crippen molar-refractivity contribution in [1.29, 1.82) is 0 Å². The van der Waals surface area contributed by atoms with Gasteiger partial charge in [0.2, 0.25) is 5.88 Å². The van der Waals surface area contributed by atoms with Crippen LogP contribution < -0.4 is 0 Å². The number of benzene rings is 2. The van der Waals surface area contributed by atoms with Crippen molar-refractivity contribution in [1.82, 2.24) is 4.98 Å². The SMILES string of the molecule is Oc1[nH]c2ccc(F)cc2c1N=Nc1cccc(Cl)c1Cl. The third kappa shape index (κ3) is 2.57. The first-order valence-corrected chi connectivity index (χ1v) is 6.68. The van der Waals surface area contributed by atoms with Crippen LogP contribution in [0.2, 0.25) is 10.0 Å². The standard InChI is InChI=1S/C14H8Cl2FN3O/c15-9-2-1-3-11(12(9)16)19-20-13-8-6-7(17)4-5-10(8)18-14(13)21/h1-6,18,21H. The molecule has 0 radical (unpaired) electrons. The monoisotopic (exact) mass is 323 g/mol. The lowest BCUT2D eigenvalue weighted by molar-refractivity contribution is 0.459. The lowest BCUT2D eigenvalue weighted by Gasteiger charge is -1.98. The molecule has 0 aliphatic rings. The van der Waals surface area contributed by atoms with Gasteiger partial charge in [-0.25, -0.2) is 4.39 Å². The normalized spacial score (nSPS) is 11.6. The number of azo groups is 1. The van der Waals surface area contributed by atoms with Crippen LogP contribution in [-0.2, 0) is 0 Å². The number of nitrogens with zero attached hydrogens (tertiary/aromatic N) is 2. The smallest absolute Gasteiger partial charge is 0.218 e. The van der Waals surface area contributed by atoms with Gasteiger partial charge in [0.25, 0.3) is 0 Å².